The molecule has 0 aliphatic carbocycles. The second-order valence-electron chi connectivity index (χ2n) is 8.63. The van der Waals surface area contributed by atoms with Crippen molar-refractivity contribution in [3.63, 3.8) is 0 Å². The zero-order valence-electron chi connectivity index (χ0n) is 18.7. The summed E-state index contributed by atoms with van der Waals surface area (Å²) in [5.41, 5.74) is 1.63. The summed E-state index contributed by atoms with van der Waals surface area (Å²) in [6.45, 7) is 2.49. The summed E-state index contributed by atoms with van der Waals surface area (Å²) in [5.74, 6) is -0.774. The predicted molar refractivity (Wildman–Crippen MR) is 124 cm³/mol. The van der Waals surface area contributed by atoms with Crippen molar-refractivity contribution in [1.29, 1.82) is 0 Å². The van der Waals surface area contributed by atoms with Crippen molar-refractivity contribution in [2.45, 2.75) is 57.0 Å². The van der Waals surface area contributed by atoms with Crippen LogP contribution in [0.4, 0.5) is 4.39 Å². The number of benzene rings is 2. The minimum absolute atomic E-state index is 0.117. The minimum atomic E-state index is -1.11. The Kier molecular flexibility index (Phi) is 9.21. The summed E-state index contributed by atoms with van der Waals surface area (Å²) < 4.78 is 15.1. The summed E-state index contributed by atoms with van der Waals surface area (Å²) in [6.07, 6.45) is -0.592. The van der Waals surface area contributed by atoms with E-state index in [1.807, 2.05) is 67.6 Å². The Bertz CT molecular complexity index is 820. The van der Waals surface area contributed by atoms with Crippen molar-refractivity contribution in [3.05, 3.63) is 71.8 Å². The molecule has 5 nitrogen and oxygen atoms in total. The number of halogens is 1. The standard InChI is InChI=1S/C26H35FN2O3/c1-2-28-26(32)25-21(14-16-24(31)19-11-7-4-8-12-19)20(22(27)17-29-25)13-15-23(30)18-9-5-3-6-10-18/h3-12,20-25,29-31H,2,13-17H2,1H3,(H,28,32)/t20-,21-,22-,23?,24?,25+/m1/s1. The Hall–Kier alpha value is -2.28. The molecule has 0 saturated carbocycles. The lowest BCUT2D eigenvalue weighted by molar-refractivity contribution is -0.127. The molecule has 3 rings (SSSR count). The van der Waals surface area contributed by atoms with Gasteiger partial charge in [-0.25, -0.2) is 4.39 Å². The van der Waals surface area contributed by atoms with Crippen LogP contribution in [0.1, 0.15) is 55.9 Å². The Morgan fingerprint density at radius 3 is 1.97 bits per heavy atom. The van der Waals surface area contributed by atoms with E-state index < -0.39 is 24.4 Å². The first-order valence-electron chi connectivity index (χ1n) is 11.6. The molecule has 174 valence electrons. The van der Waals surface area contributed by atoms with Crippen LogP contribution in [0.15, 0.2) is 60.7 Å². The average molecular weight is 443 g/mol. The van der Waals surface area contributed by atoms with Gasteiger partial charge in [0.1, 0.15) is 6.17 Å². The Balaban J connectivity index is 1.72. The first kappa shape index (κ1) is 24.4. The molecule has 4 N–H and O–H groups in total. The van der Waals surface area contributed by atoms with E-state index in [1.165, 1.54) is 0 Å². The van der Waals surface area contributed by atoms with Gasteiger partial charge >= 0.3 is 0 Å². The van der Waals surface area contributed by atoms with Crippen LogP contribution in [0, 0.1) is 11.8 Å². The molecule has 2 aromatic rings. The second kappa shape index (κ2) is 12.1. The van der Waals surface area contributed by atoms with Crippen molar-refractivity contribution in [3.8, 4) is 0 Å². The Labute approximate surface area is 190 Å². The van der Waals surface area contributed by atoms with Crippen LogP contribution in [0.25, 0.3) is 0 Å². The summed E-state index contributed by atoms with van der Waals surface area (Å²) in [7, 11) is 0. The fraction of sp³-hybridized carbons (Fsp3) is 0.500. The fourth-order valence-electron chi connectivity index (χ4n) is 4.79. The van der Waals surface area contributed by atoms with Crippen LogP contribution < -0.4 is 10.6 Å². The van der Waals surface area contributed by atoms with E-state index in [4.69, 9.17) is 0 Å². The normalized spacial score (nSPS) is 25.1. The molecule has 0 bridgehead atoms. The number of rotatable bonds is 10. The van der Waals surface area contributed by atoms with Crippen LogP contribution in [-0.4, -0.2) is 41.4 Å². The number of likely N-dealkylation sites (N-methyl/N-ethyl adjacent to an activating group) is 1. The maximum Gasteiger partial charge on any atom is 0.237 e. The third-order valence-electron chi connectivity index (χ3n) is 6.52. The number of carbonyl (C=O) groups is 1. The highest BCUT2D eigenvalue weighted by Gasteiger charge is 2.42. The van der Waals surface area contributed by atoms with E-state index in [0.717, 1.165) is 11.1 Å². The first-order valence-corrected chi connectivity index (χ1v) is 11.6. The number of aliphatic hydroxyl groups is 2. The SMILES string of the molecule is CCNC(=O)[C@H]1NC[C@@H](F)[C@H](CCC(O)c2ccccc2)[C@H]1CCC(O)c1ccccc1. The van der Waals surface area contributed by atoms with Gasteiger partial charge in [-0.15, -0.1) is 0 Å². The number of alkyl halides is 1. The van der Waals surface area contributed by atoms with Crippen LogP contribution in [0.3, 0.4) is 0 Å². The molecular weight excluding hydrogens is 407 g/mol. The monoisotopic (exact) mass is 442 g/mol. The molecule has 1 aliphatic heterocycles. The molecule has 6 heteroatoms. The van der Waals surface area contributed by atoms with Crippen molar-refractivity contribution in [2.24, 2.45) is 11.8 Å². The molecule has 6 atom stereocenters. The number of nitrogens with one attached hydrogen (secondary N) is 2. The first-order chi connectivity index (χ1) is 15.5. The van der Waals surface area contributed by atoms with E-state index in [9.17, 15) is 15.0 Å². The number of amides is 1. The van der Waals surface area contributed by atoms with Gasteiger partial charge in [0.2, 0.25) is 5.91 Å². The molecule has 1 saturated heterocycles. The third-order valence-corrected chi connectivity index (χ3v) is 6.52. The fourth-order valence-corrected chi connectivity index (χ4v) is 4.79. The maximum atomic E-state index is 15.1. The zero-order valence-corrected chi connectivity index (χ0v) is 18.7. The molecule has 0 aromatic heterocycles. The third kappa shape index (κ3) is 6.37. The van der Waals surface area contributed by atoms with E-state index in [-0.39, 0.29) is 24.3 Å². The maximum absolute atomic E-state index is 15.1. The topological polar surface area (TPSA) is 81.6 Å². The molecule has 0 radical (unpaired) electrons. The van der Waals surface area contributed by atoms with Crippen LogP contribution in [0.2, 0.25) is 0 Å². The minimum Gasteiger partial charge on any atom is -0.388 e. The average Bonchev–Trinajstić information content (AvgIpc) is 2.82. The highest BCUT2D eigenvalue weighted by atomic mass is 19.1. The van der Waals surface area contributed by atoms with Gasteiger partial charge in [0, 0.05) is 13.1 Å². The van der Waals surface area contributed by atoms with Crippen molar-refractivity contribution in [2.75, 3.05) is 13.1 Å². The smallest absolute Gasteiger partial charge is 0.237 e. The van der Waals surface area contributed by atoms with Gasteiger partial charge < -0.3 is 20.8 Å². The molecular formula is C26H35FN2O3. The largest absolute Gasteiger partial charge is 0.388 e. The molecule has 1 fully saturated rings. The number of hydrogen-bond donors (Lipinski definition) is 4. The van der Waals surface area contributed by atoms with Gasteiger partial charge in [-0.05, 0) is 55.6 Å². The van der Waals surface area contributed by atoms with Crippen molar-refractivity contribution < 1.29 is 19.4 Å². The Morgan fingerprint density at radius 2 is 1.47 bits per heavy atom. The van der Waals surface area contributed by atoms with Gasteiger partial charge in [-0.2, -0.15) is 0 Å². The molecule has 1 amide bonds. The summed E-state index contributed by atoms with van der Waals surface area (Å²) in [4.78, 5) is 12.7. The summed E-state index contributed by atoms with van der Waals surface area (Å²) >= 11 is 0. The van der Waals surface area contributed by atoms with Crippen molar-refractivity contribution >= 4 is 5.91 Å². The summed E-state index contributed by atoms with van der Waals surface area (Å²) in [6, 6.07) is 18.3. The second-order valence-corrected chi connectivity index (χ2v) is 8.63. The lowest BCUT2D eigenvalue weighted by Gasteiger charge is -2.41. The highest BCUT2D eigenvalue weighted by Crippen LogP contribution is 2.37. The van der Waals surface area contributed by atoms with Gasteiger partial charge in [0.25, 0.3) is 0 Å². The molecule has 0 spiro atoms. The Morgan fingerprint density at radius 1 is 0.969 bits per heavy atom. The van der Waals surface area contributed by atoms with E-state index in [0.29, 0.717) is 32.2 Å². The van der Waals surface area contributed by atoms with Gasteiger partial charge in [-0.3, -0.25) is 4.79 Å². The highest BCUT2D eigenvalue weighted by molar-refractivity contribution is 5.82. The number of carbonyl (C=O) groups excluding carboxylic acids is 1. The lowest BCUT2D eigenvalue weighted by atomic mass is 9.73. The number of aliphatic hydroxyl groups excluding tert-OH is 2. The van der Waals surface area contributed by atoms with Crippen LogP contribution in [-0.2, 0) is 4.79 Å². The lowest BCUT2D eigenvalue weighted by Crippen LogP contribution is -2.58. The van der Waals surface area contributed by atoms with Crippen LogP contribution in [0.5, 0.6) is 0 Å². The van der Waals surface area contributed by atoms with E-state index in [1.54, 1.807) is 0 Å². The molecule has 1 heterocycles. The van der Waals surface area contributed by atoms with E-state index in [2.05, 4.69) is 10.6 Å². The number of hydrogen-bond acceptors (Lipinski definition) is 4. The van der Waals surface area contributed by atoms with Crippen molar-refractivity contribution in [1.82, 2.24) is 10.6 Å². The van der Waals surface area contributed by atoms with Gasteiger partial charge in [0.05, 0.1) is 18.2 Å². The van der Waals surface area contributed by atoms with E-state index >= 15 is 4.39 Å². The quantitative estimate of drug-likeness (QED) is 0.452. The van der Waals surface area contributed by atoms with Gasteiger partial charge in [0.15, 0.2) is 0 Å². The molecule has 1 aliphatic rings. The molecule has 2 unspecified atom stereocenters. The van der Waals surface area contributed by atoms with Crippen LogP contribution >= 0.6 is 0 Å². The molecule has 32 heavy (non-hydrogen) atoms. The zero-order chi connectivity index (χ0) is 22.9. The van der Waals surface area contributed by atoms with Gasteiger partial charge in [-0.1, -0.05) is 60.7 Å². The molecule has 2 aromatic carbocycles. The predicted octanol–water partition coefficient (Wildman–Crippen LogP) is 3.69. The number of piperidine rings is 1. The summed E-state index contributed by atoms with van der Waals surface area (Å²) in [5, 5.41) is 27.2.